The first-order chi connectivity index (χ1) is 11.5. The van der Waals surface area contributed by atoms with E-state index in [1.165, 1.54) is 40.0 Å². The molecular weight excluding hydrogens is 338 g/mol. The number of rotatable bonds is 2. The molecule has 1 aromatic carbocycles. The van der Waals surface area contributed by atoms with E-state index < -0.39 is 0 Å². The van der Waals surface area contributed by atoms with Gasteiger partial charge in [0, 0.05) is 23.5 Å². The number of anilines is 1. The summed E-state index contributed by atoms with van der Waals surface area (Å²) in [6.45, 7) is 8.57. The smallest absolute Gasteiger partial charge is 0.225 e. The molecule has 1 saturated heterocycles. The second kappa shape index (κ2) is 6.01. The zero-order chi connectivity index (χ0) is 16.8. The number of halogens is 1. The molecule has 0 radical (unpaired) electrons. The topological polar surface area (TPSA) is 29.0 Å². The summed E-state index contributed by atoms with van der Waals surface area (Å²) in [5, 5.41) is 1.50. The van der Waals surface area contributed by atoms with Crippen LogP contribution in [-0.4, -0.2) is 23.1 Å². The highest BCUT2D eigenvalue weighted by atomic mass is 35.5. The van der Waals surface area contributed by atoms with Crippen LogP contribution in [0, 0.1) is 20.8 Å². The molecule has 0 bridgehead atoms. The molecule has 3 heterocycles. The van der Waals surface area contributed by atoms with E-state index >= 15 is 0 Å². The van der Waals surface area contributed by atoms with Gasteiger partial charge in [-0.3, -0.25) is 0 Å². The minimum absolute atomic E-state index is 0.345. The Kier molecular flexibility index (Phi) is 3.97. The Morgan fingerprint density at radius 3 is 2.50 bits per heavy atom. The summed E-state index contributed by atoms with van der Waals surface area (Å²) < 4.78 is 0. The van der Waals surface area contributed by atoms with Gasteiger partial charge in [-0.1, -0.05) is 18.2 Å². The first kappa shape index (κ1) is 15.9. The van der Waals surface area contributed by atoms with Gasteiger partial charge >= 0.3 is 0 Å². The molecule has 0 N–H and O–H groups in total. The van der Waals surface area contributed by atoms with Crippen molar-refractivity contribution in [1.29, 1.82) is 0 Å². The molecule has 0 amide bonds. The van der Waals surface area contributed by atoms with Crippen LogP contribution in [0.2, 0.25) is 5.28 Å². The van der Waals surface area contributed by atoms with Crippen molar-refractivity contribution in [2.45, 2.75) is 33.6 Å². The Morgan fingerprint density at radius 2 is 1.79 bits per heavy atom. The van der Waals surface area contributed by atoms with Crippen LogP contribution >= 0.6 is 22.9 Å². The number of benzene rings is 1. The highest BCUT2D eigenvalue weighted by molar-refractivity contribution is 7.19. The third-order valence-electron chi connectivity index (χ3n) is 4.88. The van der Waals surface area contributed by atoms with Crippen LogP contribution in [0.1, 0.15) is 28.8 Å². The first-order valence-corrected chi connectivity index (χ1v) is 9.53. The van der Waals surface area contributed by atoms with Gasteiger partial charge in [-0.25, -0.2) is 4.98 Å². The summed E-state index contributed by atoms with van der Waals surface area (Å²) >= 11 is 7.92. The molecule has 0 spiro atoms. The zero-order valence-corrected chi connectivity index (χ0v) is 15.8. The van der Waals surface area contributed by atoms with Crippen LogP contribution in [0.4, 0.5) is 5.82 Å². The van der Waals surface area contributed by atoms with E-state index in [9.17, 15) is 0 Å². The molecular formula is C19H20ClN3S. The van der Waals surface area contributed by atoms with Crippen LogP contribution in [0.25, 0.3) is 21.3 Å². The average molecular weight is 358 g/mol. The van der Waals surface area contributed by atoms with E-state index in [2.05, 4.69) is 53.8 Å². The fraction of sp³-hybridized carbons (Fsp3) is 0.368. The average Bonchev–Trinajstić information content (AvgIpc) is 3.16. The lowest BCUT2D eigenvalue weighted by Crippen LogP contribution is -2.19. The highest BCUT2D eigenvalue weighted by Crippen LogP contribution is 2.43. The Morgan fingerprint density at radius 1 is 1.04 bits per heavy atom. The summed E-state index contributed by atoms with van der Waals surface area (Å²) in [5.74, 6) is 1.00. The number of aryl methyl sites for hydroxylation is 3. The molecule has 0 atom stereocenters. The quantitative estimate of drug-likeness (QED) is 0.564. The SMILES string of the molecule is Cc1ccc(-c2c(C)sc3nc(Cl)nc(N4CCCC4)c23)cc1C. The summed E-state index contributed by atoms with van der Waals surface area (Å²) in [4.78, 5) is 13.7. The molecule has 2 aromatic heterocycles. The Bertz CT molecular complexity index is 926. The highest BCUT2D eigenvalue weighted by Gasteiger charge is 2.23. The lowest BCUT2D eigenvalue weighted by Gasteiger charge is -2.18. The van der Waals surface area contributed by atoms with Gasteiger partial charge in [0.1, 0.15) is 10.6 Å². The fourth-order valence-corrected chi connectivity index (χ4v) is 4.72. The maximum Gasteiger partial charge on any atom is 0.225 e. The minimum atomic E-state index is 0.345. The van der Waals surface area contributed by atoms with E-state index in [1.54, 1.807) is 11.3 Å². The van der Waals surface area contributed by atoms with Crippen LogP contribution < -0.4 is 4.90 Å². The van der Waals surface area contributed by atoms with E-state index in [0.29, 0.717) is 5.28 Å². The van der Waals surface area contributed by atoms with Gasteiger partial charge in [0.25, 0.3) is 0 Å². The molecule has 1 aliphatic heterocycles. The van der Waals surface area contributed by atoms with Gasteiger partial charge in [0.15, 0.2) is 0 Å². The van der Waals surface area contributed by atoms with Crippen molar-refractivity contribution in [3.8, 4) is 11.1 Å². The van der Waals surface area contributed by atoms with Gasteiger partial charge in [0.05, 0.1) is 5.39 Å². The molecule has 1 aliphatic rings. The fourth-order valence-electron chi connectivity index (χ4n) is 3.47. The van der Waals surface area contributed by atoms with Crippen LogP contribution in [-0.2, 0) is 0 Å². The van der Waals surface area contributed by atoms with Crippen molar-refractivity contribution in [2.75, 3.05) is 18.0 Å². The van der Waals surface area contributed by atoms with Gasteiger partial charge in [0.2, 0.25) is 5.28 Å². The molecule has 4 rings (SSSR count). The van der Waals surface area contributed by atoms with E-state index in [1.807, 2.05) is 0 Å². The summed E-state index contributed by atoms with van der Waals surface area (Å²) in [6.07, 6.45) is 2.43. The molecule has 1 fully saturated rings. The monoisotopic (exact) mass is 357 g/mol. The predicted octanol–water partition coefficient (Wildman–Crippen LogP) is 5.54. The van der Waals surface area contributed by atoms with Crippen molar-refractivity contribution < 1.29 is 0 Å². The Labute approximate surface area is 151 Å². The van der Waals surface area contributed by atoms with Crippen molar-refractivity contribution in [1.82, 2.24) is 9.97 Å². The van der Waals surface area contributed by atoms with Crippen LogP contribution in [0.3, 0.4) is 0 Å². The maximum atomic E-state index is 6.21. The van der Waals surface area contributed by atoms with Crippen molar-refractivity contribution in [2.24, 2.45) is 0 Å². The third-order valence-corrected chi connectivity index (χ3v) is 6.05. The van der Waals surface area contributed by atoms with Crippen molar-refractivity contribution >= 4 is 39.0 Å². The predicted molar refractivity (Wildman–Crippen MR) is 104 cm³/mol. The van der Waals surface area contributed by atoms with E-state index in [-0.39, 0.29) is 0 Å². The van der Waals surface area contributed by atoms with Crippen molar-refractivity contribution in [3.05, 3.63) is 39.5 Å². The summed E-state index contributed by atoms with van der Waals surface area (Å²) in [6, 6.07) is 6.67. The van der Waals surface area contributed by atoms with Gasteiger partial charge < -0.3 is 4.90 Å². The maximum absolute atomic E-state index is 6.21. The molecule has 124 valence electrons. The number of thiophene rings is 1. The molecule has 0 unspecified atom stereocenters. The first-order valence-electron chi connectivity index (χ1n) is 8.34. The lowest BCUT2D eigenvalue weighted by molar-refractivity contribution is 0.940. The minimum Gasteiger partial charge on any atom is -0.356 e. The van der Waals surface area contributed by atoms with E-state index in [0.717, 1.165) is 29.1 Å². The number of nitrogens with zero attached hydrogens (tertiary/aromatic N) is 3. The van der Waals surface area contributed by atoms with Gasteiger partial charge in [-0.05, 0) is 61.9 Å². The number of aromatic nitrogens is 2. The molecule has 0 saturated carbocycles. The second-order valence-corrected chi connectivity index (χ2v) is 8.06. The zero-order valence-electron chi connectivity index (χ0n) is 14.2. The molecule has 24 heavy (non-hydrogen) atoms. The molecule has 5 heteroatoms. The standard InChI is InChI=1S/C19H20ClN3S/c1-11-6-7-14(10-12(11)2)15-13(3)24-18-16(15)17(21-19(20)22-18)23-8-4-5-9-23/h6-7,10H,4-5,8-9H2,1-3H3. The van der Waals surface area contributed by atoms with Crippen LogP contribution in [0.5, 0.6) is 0 Å². The number of fused-ring (bicyclic) bond motifs is 1. The Balaban J connectivity index is 2.00. The largest absolute Gasteiger partial charge is 0.356 e. The normalized spacial score (nSPS) is 14.8. The molecule has 0 aliphatic carbocycles. The number of hydrogen-bond donors (Lipinski definition) is 0. The van der Waals surface area contributed by atoms with Gasteiger partial charge in [-0.2, -0.15) is 4.98 Å². The Hall–Kier alpha value is -1.65. The molecule has 3 nitrogen and oxygen atoms in total. The number of hydrogen-bond acceptors (Lipinski definition) is 4. The third kappa shape index (κ3) is 2.58. The summed E-state index contributed by atoms with van der Waals surface area (Å²) in [5.41, 5.74) is 5.13. The molecule has 3 aromatic rings. The lowest BCUT2D eigenvalue weighted by atomic mass is 9.99. The van der Waals surface area contributed by atoms with Crippen molar-refractivity contribution in [3.63, 3.8) is 0 Å². The van der Waals surface area contributed by atoms with Crippen LogP contribution in [0.15, 0.2) is 18.2 Å². The second-order valence-electron chi connectivity index (χ2n) is 6.52. The van der Waals surface area contributed by atoms with Gasteiger partial charge in [-0.15, -0.1) is 11.3 Å². The van der Waals surface area contributed by atoms with E-state index in [4.69, 9.17) is 11.6 Å². The summed E-state index contributed by atoms with van der Waals surface area (Å²) in [7, 11) is 0.